The number of hydrogen-bond donors (Lipinski definition) is 3. The quantitative estimate of drug-likeness (QED) is 0.186. The zero-order valence-corrected chi connectivity index (χ0v) is 19.8. The van der Waals surface area contributed by atoms with Crippen LogP contribution in [-0.2, 0) is 0 Å². The highest BCUT2D eigenvalue weighted by Gasteiger charge is 2.07. The van der Waals surface area contributed by atoms with E-state index in [-0.39, 0.29) is 24.0 Å². The molecule has 1 fully saturated rings. The van der Waals surface area contributed by atoms with Crippen LogP contribution in [0.25, 0.3) is 0 Å². The van der Waals surface area contributed by atoms with E-state index in [1.807, 2.05) is 24.4 Å². The van der Waals surface area contributed by atoms with Gasteiger partial charge in [0.05, 0.1) is 0 Å². The third-order valence-corrected chi connectivity index (χ3v) is 4.81. The summed E-state index contributed by atoms with van der Waals surface area (Å²) in [5.41, 5.74) is 0. The lowest BCUT2D eigenvalue weighted by atomic mass is 10.2. The number of pyridine rings is 1. The predicted molar refractivity (Wildman–Crippen MR) is 131 cm³/mol. The fourth-order valence-corrected chi connectivity index (χ4v) is 3.33. The van der Waals surface area contributed by atoms with Gasteiger partial charge in [-0.05, 0) is 70.8 Å². The Morgan fingerprint density at radius 3 is 2.54 bits per heavy atom. The highest BCUT2D eigenvalue weighted by atomic mass is 127. The van der Waals surface area contributed by atoms with E-state index < -0.39 is 0 Å². The van der Waals surface area contributed by atoms with Gasteiger partial charge in [0.2, 0.25) is 0 Å². The molecule has 0 aromatic carbocycles. The highest BCUT2D eigenvalue weighted by molar-refractivity contribution is 14.0. The van der Waals surface area contributed by atoms with Crippen LogP contribution >= 0.6 is 24.0 Å². The largest absolute Gasteiger partial charge is 0.370 e. The van der Waals surface area contributed by atoms with E-state index in [0.29, 0.717) is 0 Å². The first-order valence-electron chi connectivity index (χ1n) is 10.8. The Bertz CT molecular complexity index is 503. The Morgan fingerprint density at radius 1 is 1.04 bits per heavy atom. The van der Waals surface area contributed by atoms with Crippen LogP contribution in [0.2, 0.25) is 0 Å². The average molecular weight is 502 g/mol. The molecule has 0 saturated carbocycles. The number of nitrogens with one attached hydrogen (secondary N) is 3. The number of nitrogens with zero attached hydrogens (tertiary/aromatic N) is 3. The maximum absolute atomic E-state index is 4.73. The first-order valence-corrected chi connectivity index (χ1v) is 10.8. The molecule has 1 aliphatic rings. The van der Waals surface area contributed by atoms with Crippen LogP contribution in [0, 0.1) is 0 Å². The maximum Gasteiger partial charge on any atom is 0.191 e. The molecule has 2 heterocycles. The fraction of sp³-hybridized carbons (Fsp3) is 0.714. The molecule has 1 aromatic rings. The second-order valence-electron chi connectivity index (χ2n) is 7.15. The van der Waals surface area contributed by atoms with Gasteiger partial charge in [-0.2, -0.15) is 0 Å². The molecule has 160 valence electrons. The lowest BCUT2D eigenvalue weighted by molar-refractivity contribution is 0.283. The second kappa shape index (κ2) is 16.8. The fourth-order valence-electron chi connectivity index (χ4n) is 3.33. The number of aliphatic imine (C=N–C) groups is 1. The van der Waals surface area contributed by atoms with E-state index in [4.69, 9.17) is 4.99 Å². The molecule has 0 aliphatic carbocycles. The molecule has 0 amide bonds. The average Bonchev–Trinajstić information content (AvgIpc) is 2.97. The SMILES string of the molecule is CCNC(=NCCCN1CCCCCC1)NCCCCNc1ccccn1.I. The van der Waals surface area contributed by atoms with Gasteiger partial charge in [0.15, 0.2) is 5.96 Å². The molecule has 0 unspecified atom stereocenters. The third kappa shape index (κ3) is 11.7. The number of guanidine groups is 1. The maximum atomic E-state index is 4.73. The van der Waals surface area contributed by atoms with Crippen LogP contribution in [0.15, 0.2) is 29.4 Å². The summed E-state index contributed by atoms with van der Waals surface area (Å²) in [5.74, 6) is 1.90. The number of unbranched alkanes of at least 4 members (excludes halogenated alkanes) is 1. The molecule has 6 nitrogen and oxygen atoms in total. The van der Waals surface area contributed by atoms with Crippen molar-refractivity contribution in [2.45, 2.75) is 51.9 Å². The predicted octanol–water partition coefficient (Wildman–Crippen LogP) is 3.71. The molecule has 2 rings (SSSR count). The number of rotatable bonds is 11. The first-order chi connectivity index (χ1) is 13.4. The summed E-state index contributed by atoms with van der Waals surface area (Å²) in [6.07, 6.45) is 10.7. The van der Waals surface area contributed by atoms with Crippen molar-refractivity contribution in [2.75, 3.05) is 51.1 Å². The van der Waals surface area contributed by atoms with Gasteiger partial charge in [0.25, 0.3) is 0 Å². The Balaban J connectivity index is 0.00000392. The number of halogens is 1. The lowest BCUT2D eigenvalue weighted by Gasteiger charge is -2.19. The standard InChI is InChI=1S/C21H38N6.HI/c1-2-22-21(26-16-11-19-27-17-9-3-4-10-18-27)25-15-8-7-14-24-20-12-5-6-13-23-20;/h5-6,12-13H,2-4,7-11,14-19H2,1H3,(H,23,24)(H2,22,25,26);1H. The molecule has 7 heteroatoms. The molecule has 0 spiro atoms. The van der Waals surface area contributed by atoms with Crippen molar-refractivity contribution in [1.29, 1.82) is 0 Å². The molecule has 1 saturated heterocycles. The van der Waals surface area contributed by atoms with E-state index in [0.717, 1.165) is 57.2 Å². The summed E-state index contributed by atoms with van der Waals surface area (Å²) in [7, 11) is 0. The monoisotopic (exact) mass is 502 g/mol. The zero-order valence-electron chi connectivity index (χ0n) is 17.5. The van der Waals surface area contributed by atoms with Crippen LogP contribution < -0.4 is 16.0 Å². The van der Waals surface area contributed by atoms with E-state index in [2.05, 4.69) is 32.8 Å². The van der Waals surface area contributed by atoms with Crippen LogP contribution in [-0.4, -0.2) is 61.7 Å². The van der Waals surface area contributed by atoms with Crippen molar-refractivity contribution < 1.29 is 0 Å². The Kier molecular flexibility index (Phi) is 15.0. The Hall–Kier alpha value is -1.09. The molecule has 1 aromatic heterocycles. The summed E-state index contributed by atoms with van der Waals surface area (Å²) >= 11 is 0. The van der Waals surface area contributed by atoms with Crippen molar-refractivity contribution in [3.8, 4) is 0 Å². The minimum Gasteiger partial charge on any atom is -0.370 e. The Labute approximate surface area is 188 Å². The van der Waals surface area contributed by atoms with Gasteiger partial charge in [-0.3, -0.25) is 4.99 Å². The van der Waals surface area contributed by atoms with E-state index in [1.54, 1.807) is 0 Å². The highest BCUT2D eigenvalue weighted by Crippen LogP contribution is 2.09. The molecular formula is C21H39IN6. The number of likely N-dealkylation sites (tertiary alicyclic amines) is 1. The lowest BCUT2D eigenvalue weighted by Crippen LogP contribution is -2.38. The van der Waals surface area contributed by atoms with Crippen molar-refractivity contribution in [1.82, 2.24) is 20.5 Å². The smallest absolute Gasteiger partial charge is 0.191 e. The minimum absolute atomic E-state index is 0. The number of aromatic nitrogens is 1. The van der Waals surface area contributed by atoms with Crippen molar-refractivity contribution in [2.24, 2.45) is 4.99 Å². The minimum atomic E-state index is 0. The van der Waals surface area contributed by atoms with Gasteiger partial charge >= 0.3 is 0 Å². The topological polar surface area (TPSA) is 64.6 Å². The normalized spacial score (nSPS) is 15.4. The van der Waals surface area contributed by atoms with Gasteiger partial charge in [0, 0.05) is 32.4 Å². The van der Waals surface area contributed by atoms with Crippen molar-refractivity contribution in [3.63, 3.8) is 0 Å². The number of hydrogen-bond acceptors (Lipinski definition) is 4. The van der Waals surface area contributed by atoms with Crippen LogP contribution in [0.1, 0.15) is 51.9 Å². The van der Waals surface area contributed by atoms with Crippen LogP contribution in [0.3, 0.4) is 0 Å². The summed E-state index contributed by atoms with van der Waals surface area (Å²) in [6.45, 7) is 9.53. The van der Waals surface area contributed by atoms with E-state index in [1.165, 1.54) is 45.3 Å². The first kappa shape index (κ1) is 24.9. The molecule has 3 N–H and O–H groups in total. The van der Waals surface area contributed by atoms with E-state index >= 15 is 0 Å². The van der Waals surface area contributed by atoms with Gasteiger partial charge in [-0.25, -0.2) is 4.98 Å². The van der Waals surface area contributed by atoms with E-state index in [9.17, 15) is 0 Å². The van der Waals surface area contributed by atoms with Crippen LogP contribution in [0.4, 0.5) is 5.82 Å². The summed E-state index contributed by atoms with van der Waals surface area (Å²) in [5, 5.41) is 10.1. The van der Waals surface area contributed by atoms with Gasteiger partial charge in [0.1, 0.15) is 5.82 Å². The molecule has 1 aliphatic heterocycles. The summed E-state index contributed by atoms with van der Waals surface area (Å²) < 4.78 is 0. The van der Waals surface area contributed by atoms with Gasteiger partial charge in [-0.1, -0.05) is 18.9 Å². The Morgan fingerprint density at radius 2 is 1.82 bits per heavy atom. The molecule has 0 bridgehead atoms. The zero-order chi connectivity index (χ0) is 19.0. The van der Waals surface area contributed by atoms with Gasteiger partial charge < -0.3 is 20.9 Å². The third-order valence-electron chi connectivity index (χ3n) is 4.81. The van der Waals surface area contributed by atoms with Crippen LogP contribution in [0.5, 0.6) is 0 Å². The number of anilines is 1. The van der Waals surface area contributed by atoms with Gasteiger partial charge in [-0.15, -0.1) is 24.0 Å². The van der Waals surface area contributed by atoms with Crippen molar-refractivity contribution in [3.05, 3.63) is 24.4 Å². The summed E-state index contributed by atoms with van der Waals surface area (Å²) in [6, 6.07) is 5.94. The molecule has 0 radical (unpaired) electrons. The molecular weight excluding hydrogens is 463 g/mol. The second-order valence-corrected chi connectivity index (χ2v) is 7.15. The van der Waals surface area contributed by atoms with Crippen molar-refractivity contribution >= 4 is 35.8 Å². The molecule has 28 heavy (non-hydrogen) atoms. The summed E-state index contributed by atoms with van der Waals surface area (Å²) in [4.78, 5) is 11.6. The molecule has 0 atom stereocenters.